The number of amides is 1. The molecule has 0 aliphatic heterocycles. The van der Waals surface area contributed by atoms with Crippen LogP contribution in [0, 0.1) is 0 Å². The van der Waals surface area contributed by atoms with Crippen molar-refractivity contribution in [2.24, 2.45) is 7.05 Å². The molecule has 0 saturated carbocycles. The van der Waals surface area contributed by atoms with Crippen LogP contribution in [0.25, 0.3) is 0 Å². The predicted octanol–water partition coefficient (Wildman–Crippen LogP) is 0.766. The van der Waals surface area contributed by atoms with Crippen molar-refractivity contribution in [3.63, 3.8) is 0 Å². The van der Waals surface area contributed by atoms with Crippen LogP contribution in [-0.4, -0.2) is 47.7 Å². The van der Waals surface area contributed by atoms with E-state index in [0.29, 0.717) is 0 Å². The zero-order valence-electron chi connectivity index (χ0n) is 9.28. The van der Waals surface area contributed by atoms with Crippen LogP contribution in [0.4, 0.5) is 8.78 Å². The number of carbonyl (C=O) groups excluding carboxylic acids is 1. The zero-order chi connectivity index (χ0) is 12.3. The van der Waals surface area contributed by atoms with Crippen molar-refractivity contribution < 1.29 is 18.3 Å². The summed E-state index contributed by atoms with van der Waals surface area (Å²) in [6.07, 6.45) is -1.13. The third-order valence-corrected chi connectivity index (χ3v) is 1.98. The highest BCUT2D eigenvalue weighted by Crippen LogP contribution is 2.16. The van der Waals surface area contributed by atoms with Crippen LogP contribution >= 0.6 is 0 Å². The Morgan fingerprint density at radius 2 is 2.31 bits per heavy atom. The van der Waals surface area contributed by atoms with Gasteiger partial charge in [-0.1, -0.05) is 0 Å². The minimum atomic E-state index is -2.56. The predicted molar refractivity (Wildman–Crippen MR) is 52.7 cm³/mol. The maximum Gasteiger partial charge on any atom is 0.260 e. The molecule has 0 unspecified atom stereocenters. The van der Waals surface area contributed by atoms with Gasteiger partial charge in [-0.2, -0.15) is 0 Å². The van der Waals surface area contributed by atoms with Crippen LogP contribution in [0.2, 0.25) is 0 Å². The van der Waals surface area contributed by atoms with Crippen molar-refractivity contribution in [2.45, 2.75) is 6.43 Å². The average molecular weight is 233 g/mol. The highest BCUT2D eigenvalue weighted by molar-refractivity contribution is 5.96. The smallest absolute Gasteiger partial charge is 0.260 e. The maximum absolute atomic E-state index is 12.1. The lowest BCUT2D eigenvalue weighted by atomic mass is 10.3. The van der Waals surface area contributed by atoms with Gasteiger partial charge in [0, 0.05) is 20.3 Å². The lowest BCUT2D eigenvalue weighted by molar-refractivity contribution is 0.0617. The van der Waals surface area contributed by atoms with Crippen LogP contribution < -0.4 is 4.74 Å². The molecule has 7 heteroatoms. The minimum absolute atomic E-state index is 0.133. The molecule has 0 fully saturated rings. The SMILES string of the molecule is COc1nn(C)cc1C(=O)N(C)CC(F)F. The van der Waals surface area contributed by atoms with E-state index in [0.717, 1.165) is 4.90 Å². The summed E-state index contributed by atoms with van der Waals surface area (Å²) < 4.78 is 30.5. The van der Waals surface area contributed by atoms with Crippen molar-refractivity contribution in [3.8, 4) is 5.88 Å². The van der Waals surface area contributed by atoms with Crippen molar-refractivity contribution >= 4 is 5.91 Å². The topological polar surface area (TPSA) is 47.4 Å². The molecule has 0 saturated heterocycles. The molecular formula is C9H13F2N3O2. The number of alkyl halides is 2. The molecule has 0 aliphatic carbocycles. The summed E-state index contributed by atoms with van der Waals surface area (Å²) in [7, 11) is 4.29. The molecule has 1 aromatic rings. The fourth-order valence-electron chi connectivity index (χ4n) is 1.26. The normalized spacial score (nSPS) is 10.6. The van der Waals surface area contributed by atoms with Crippen LogP contribution in [0.1, 0.15) is 10.4 Å². The van der Waals surface area contributed by atoms with Gasteiger partial charge in [-0.05, 0) is 0 Å². The van der Waals surface area contributed by atoms with E-state index in [1.54, 1.807) is 7.05 Å². The van der Waals surface area contributed by atoms with Crippen LogP contribution in [0.5, 0.6) is 5.88 Å². The number of aryl methyl sites for hydroxylation is 1. The Hall–Kier alpha value is -1.66. The molecule has 5 nitrogen and oxygen atoms in total. The number of ether oxygens (including phenoxy) is 1. The van der Waals surface area contributed by atoms with Gasteiger partial charge in [-0.3, -0.25) is 9.48 Å². The number of aromatic nitrogens is 2. The van der Waals surface area contributed by atoms with Gasteiger partial charge in [0.2, 0.25) is 5.88 Å². The van der Waals surface area contributed by atoms with Gasteiger partial charge in [0.25, 0.3) is 12.3 Å². The Balaban J connectivity index is 2.86. The second kappa shape index (κ2) is 4.91. The van der Waals surface area contributed by atoms with E-state index in [1.165, 1.54) is 25.0 Å². The molecule has 0 aromatic carbocycles. The molecule has 16 heavy (non-hydrogen) atoms. The van der Waals surface area contributed by atoms with Gasteiger partial charge in [0.1, 0.15) is 5.56 Å². The van der Waals surface area contributed by atoms with E-state index >= 15 is 0 Å². The van der Waals surface area contributed by atoms with Crippen LogP contribution in [0.3, 0.4) is 0 Å². The van der Waals surface area contributed by atoms with Gasteiger partial charge in [-0.15, -0.1) is 5.10 Å². The van der Waals surface area contributed by atoms with Crippen molar-refractivity contribution in [2.75, 3.05) is 20.7 Å². The minimum Gasteiger partial charge on any atom is -0.479 e. The molecule has 1 aromatic heterocycles. The monoisotopic (exact) mass is 233 g/mol. The summed E-state index contributed by atoms with van der Waals surface area (Å²) in [6, 6.07) is 0. The first-order chi connectivity index (χ1) is 7.45. The molecule has 0 spiro atoms. The molecular weight excluding hydrogens is 220 g/mol. The summed E-state index contributed by atoms with van der Waals surface area (Å²) in [4.78, 5) is 12.7. The first kappa shape index (κ1) is 12.4. The summed E-state index contributed by atoms with van der Waals surface area (Å²) in [5.74, 6) is -0.404. The highest BCUT2D eigenvalue weighted by atomic mass is 19.3. The van der Waals surface area contributed by atoms with Gasteiger partial charge in [-0.25, -0.2) is 8.78 Å². The summed E-state index contributed by atoms with van der Waals surface area (Å²) in [5.41, 5.74) is 0.174. The Morgan fingerprint density at radius 3 is 2.81 bits per heavy atom. The largest absolute Gasteiger partial charge is 0.479 e. The zero-order valence-corrected chi connectivity index (χ0v) is 9.28. The Morgan fingerprint density at radius 1 is 1.69 bits per heavy atom. The molecule has 0 N–H and O–H groups in total. The Labute approximate surface area is 91.6 Å². The third kappa shape index (κ3) is 2.68. The standard InChI is InChI=1S/C9H13F2N3O2/c1-13(5-7(10)11)9(15)6-4-14(2)12-8(6)16-3/h4,7H,5H2,1-3H3. The second-order valence-corrected chi connectivity index (χ2v) is 3.30. The van der Waals surface area contributed by atoms with E-state index in [2.05, 4.69) is 5.10 Å². The second-order valence-electron chi connectivity index (χ2n) is 3.30. The number of hydrogen-bond donors (Lipinski definition) is 0. The first-order valence-electron chi connectivity index (χ1n) is 4.57. The number of halogens is 2. The molecule has 0 bridgehead atoms. The van der Waals surface area contributed by atoms with Gasteiger partial charge in [0.05, 0.1) is 13.7 Å². The van der Waals surface area contributed by atoms with E-state index < -0.39 is 18.9 Å². The summed E-state index contributed by atoms with van der Waals surface area (Å²) in [5, 5.41) is 3.87. The van der Waals surface area contributed by atoms with Gasteiger partial charge < -0.3 is 9.64 Å². The van der Waals surface area contributed by atoms with E-state index in [9.17, 15) is 13.6 Å². The number of methoxy groups -OCH3 is 1. The fraction of sp³-hybridized carbons (Fsp3) is 0.556. The summed E-state index contributed by atoms with van der Waals surface area (Å²) in [6.45, 7) is -0.614. The highest BCUT2D eigenvalue weighted by Gasteiger charge is 2.21. The Bertz CT molecular complexity index is 379. The van der Waals surface area contributed by atoms with Gasteiger partial charge >= 0.3 is 0 Å². The summed E-state index contributed by atoms with van der Waals surface area (Å²) >= 11 is 0. The van der Waals surface area contributed by atoms with Crippen molar-refractivity contribution in [1.82, 2.24) is 14.7 Å². The van der Waals surface area contributed by atoms with Crippen molar-refractivity contribution in [1.29, 1.82) is 0 Å². The fourth-order valence-corrected chi connectivity index (χ4v) is 1.26. The average Bonchev–Trinajstić information content (AvgIpc) is 2.57. The van der Waals surface area contributed by atoms with E-state index in [4.69, 9.17) is 4.74 Å². The number of hydrogen-bond acceptors (Lipinski definition) is 3. The van der Waals surface area contributed by atoms with E-state index in [1.807, 2.05) is 0 Å². The van der Waals surface area contributed by atoms with E-state index in [-0.39, 0.29) is 11.4 Å². The number of nitrogens with zero attached hydrogens (tertiary/aromatic N) is 3. The molecule has 1 amide bonds. The lowest BCUT2D eigenvalue weighted by Crippen LogP contribution is -2.31. The molecule has 1 heterocycles. The molecule has 0 radical (unpaired) electrons. The third-order valence-electron chi connectivity index (χ3n) is 1.98. The van der Waals surface area contributed by atoms with Gasteiger partial charge in [0.15, 0.2) is 0 Å². The molecule has 1 rings (SSSR count). The molecule has 90 valence electrons. The maximum atomic E-state index is 12.1. The quantitative estimate of drug-likeness (QED) is 0.771. The number of carbonyl (C=O) groups is 1. The van der Waals surface area contributed by atoms with Crippen LogP contribution in [0.15, 0.2) is 6.20 Å². The number of rotatable bonds is 4. The first-order valence-corrected chi connectivity index (χ1v) is 4.57. The van der Waals surface area contributed by atoms with Crippen LogP contribution in [-0.2, 0) is 7.05 Å². The Kier molecular flexibility index (Phi) is 3.81. The molecule has 0 aliphatic rings. The lowest BCUT2D eigenvalue weighted by Gasteiger charge is -2.15. The van der Waals surface area contributed by atoms with Crippen molar-refractivity contribution in [3.05, 3.63) is 11.8 Å². The molecule has 0 atom stereocenters.